The Morgan fingerprint density at radius 2 is 1.64 bits per heavy atom. The van der Waals surface area contributed by atoms with Crippen molar-refractivity contribution in [2.24, 2.45) is 10.7 Å². The molecule has 11 nitrogen and oxygen atoms in total. The number of halogens is 3. The Hall–Kier alpha value is -5.27. The molecule has 0 spiro atoms. The van der Waals surface area contributed by atoms with Gasteiger partial charge in [0.1, 0.15) is 17.3 Å². The molecule has 4 N–H and O–H groups in total. The first-order valence-electron chi connectivity index (χ1n) is 12.8. The number of benzene rings is 3. The molecule has 42 heavy (non-hydrogen) atoms. The van der Waals surface area contributed by atoms with E-state index < -0.39 is 23.8 Å². The van der Waals surface area contributed by atoms with Crippen LogP contribution < -0.4 is 27.2 Å². The predicted octanol–water partition coefficient (Wildman–Crippen LogP) is 2.82. The molecule has 2 heterocycles. The highest BCUT2D eigenvalue weighted by Crippen LogP contribution is 2.28. The molecule has 0 saturated carbocycles. The zero-order valence-electron chi connectivity index (χ0n) is 22.1. The topological polar surface area (TPSA) is 140 Å². The highest BCUT2D eigenvalue weighted by molar-refractivity contribution is 5.83. The molecule has 14 heteroatoms. The molecule has 1 aliphatic heterocycles. The number of nitrogens with two attached hydrogens (primary N) is 1. The van der Waals surface area contributed by atoms with Gasteiger partial charge in [0.2, 0.25) is 5.95 Å². The first-order chi connectivity index (χ1) is 20.2. The molecule has 1 aliphatic rings. The Morgan fingerprint density at radius 1 is 0.976 bits per heavy atom. The van der Waals surface area contributed by atoms with Crippen molar-refractivity contribution < 1.29 is 23.0 Å². The van der Waals surface area contributed by atoms with Crippen LogP contribution in [0.15, 0.2) is 81.3 Å². The van der Waals surface area contributed by atoms with E-state index in [2.05, 4.69) is 20.0 Å². The van der Waals surface area contributed by atoms with Crippen molar-refractivity contribution in [1.29, 1.82) is 0 Å². The second kappa shape index (κ2) is 12.1. The molecule has 4 aromatic rings. The van der Waals surface area contributed by atoms with Gasteiger partial charge in [0.25, 0.3) is 0 Å². The first kappa shape index (κ1) is 28.3. The Kier molecular flexibility index (Phi) is 8.13. The van der Waals surface area contributed by atoms with E-state index in [0.717, 1.165) is 10.1 Å². The maximum atomic E-state index is 13.6. The standard InChI is InChI=1S/C28H26F3N7O4/c29-20-5-1-17(2-6-20)15-38-27(40)35-26(37(28(38)41)14-18-3-8-22(9-4-18)42-24(30)31)33-11-12-36-16-19-13-21(39)7-10-23(19)34-25(36)32/h1-10,13,24,39H,11-12,14-16H2,(H2,32,34)(H,33,35,40). The summed E-state index contributed by atoms with van der Waals surface area (Å²) in [4.78, 5) is 36.7. The number of ether oxygens (including phenoxy) is 1. The molecule has 5 rings (SSSR count). The maximum absolute atomic E-state index is 13.6. The van der Waals surface area contributed by atoms with Crippen molar-refractivity contribution in [3.8, 4) is 11.5 Å². The quantitative estimate of drug-likeness (QED) is 0.260. The van der Waals surface area contributed by atoms with Crippen LogP contribution in [0.4, 0.5) is 24.8 Å². The predicted molar refractivity (Wildman–Crippen MR) is 149 cm³/mol. The number of aliphatic imine (C=N–C) groups is 1. The molecule has 0 amide bonds. The van der Waals surface area contributed by atoms with Crippen LogP contribution in [-0.4, -0.2) is 49.8 Å². The molecule has 0 bridgehead atoms. The van der Waals surface area contributed by atoms with Crippen LogP contribution in [0.25, 0.3) is 0 Å². The summed E-state index contributed by atoms with van der Waals surface area (Å²) >= 11 is 0. The van der Waals surface area contributed by atoms with Crippen LogP contribution in [0.1, 0.15) is 16.7 Å². The Labute approximate surface area is 237 Å². The minimum atomic E-state index is -2.98. The summed E-state index contributed by atoms with van der Waals surface area (Å²) in [7, 11) is 0. The van der Waals surface area contributed by atoms with Crippen molar-refractivity contribution in [2.45, 2.75) is 26.2 Å². The summed E-state index contributed by atoms with van der Waals surface area (Å²) in [5, 5.41) is 12.8. The van der Waals surface area contributed by atoms with E-state index in [-0.39, 0.29) is 43.0 Å². The summed E-state index contributed by atoms with van der Waals surface area (Å²) in [6, 6.07) is 15.9. The van der Waals surface area contributed by atoms with Gasteiger partial charge in [0, 0.05) is 25.2 Å². The summed E-state index contributed by atoms with van der Waals surface area (Å²) in [5.74, 6) is -0.152. The van der Waals surface area contributed by atoms with Gasteiger partial charge in [-0.25, -0.2) is 23.5 Å². The number of hydrogen-bond acceptors (Lipinski definition) is 9. The molecule has 1 aromatic heterocycles. The number of nitrogens with one attached hydrogen (secondary N) is 1. The summed E-state index contributed by atoms with van der Waals surface area (Å²) in [6.45, 7) is -2.26. The SMILES string of the molecule is NC1=Nc2ccc(O)cc2CN1CCNc1nc(=O)n(Cc2ccc(F)cc2)c(=O)n1Cc1ccc(OC(F)F)cc1. The summed E-state index contributed by atoms with van der Waals surface area (Å²) in [5.41, 5.74) is 7.13. The van der Waals surface area contributed by atoms with Gasteiger partial charge in [-0.05, 0) is 53.6 Å². The fourth-order valence-corrected chi connectivity index (χ4v) is 4.46. The van der Waals surface area contributed by atoms with E-state index in [1.807, 2.05) is 0 Å². The van der Waals surface area contributed by atoms with E-state index in [1.54, 1.807) is 17.0 Å². The third-order valence-electron chi connectivity index (χ3n) is 6.54. The fraction of sp³-hybridized carbons (Fsp3) is 0.214. The van der Waals surface area contributed by atoms with E-state index in [9.17, 15) is 27.9 Å². The Morgan fingerprint density at radius 3 is 2.33 bits per heavy atom. The Balaban J connectivity index is 1.39. The highest BCUT2D eigenvalue weighted by atomic mass is 19.3. The van der Waals surface area contributed by atoms with Crippen LogP contribution in [0, 0.1) is 5.82 Å². The van der Waals surface area contributed by atoms with Crippen LogP contribution in [0.3, 0.4) is 0 Å². The number of aromatic nitrogens is 3. The van der Waals surface area contributed by atoms with Crippen molar-refractivity contribution in [2.75, 3.05) is 18.4 Å². The van der Waals surface area contributed by atoms with Gasteiger partial charge in [-0.15, -0.1) is 0 Å². The lowest BCUT2D eigenvalue weighted by Crippen LogP contribution is -2.44. The second-order valence-corrected chi connectivity index (χ2v) is 9.45. The van der Waals surface area contributed by atoms with E-state index >= 15 is 0 Å². The number of phenols is 1. The molecule has 218 valence electrons. The number of aromatic hydroxyl groups is 1. The molecule has 0 saturated heterocycles. The molecular formula is C28H26F3N7O4. The zero-order valence-corrected chi connectivity index (χ0v) is 22.1. The van der Waals surface area contributed by atoms with Gasteiger partial charge in [0.15, 0.2) is 5.96 Å². The lowest BCUT2D eigenvalue weighted by molar-refractivity contribution is -0.0498. The second-order valence-electron chi connectivity index (χ2n) is 9.45. The molecule has 0 radical (unpaired) electrons. The number of rotatable bonds is 10. The number of guanidine groups is 1. The summed E-state index contributed by atoms with van der Waals surface area (Å²) in [6.07, 6.45) is 0. The average molecular weight is 582 g/mol. The molecule has 0 fully saturated rings. The van der Waals surface area contributed by atoms with E-state index in [4.69, 9.17) is 5.73 Å². The Bertz CT molecular complexity index is 1720. The number of anilines is 1. The molecular weight excluding hydrogens is 555 g/mol. The van der Waals surface area contributed by atoms with Crippen molar-refractivity contribution >= 4 is 17.6 Å². The fourth-order valence-electron chi connectivity index (χ4n) is 4.46. The maximum Gasteiger partial charge on any atom is 0.387 e. The first-order valence-corrected chi connectivity index (χ1v) is 12.8. The molecule has 0 unspecified atom stereocenters. The third-order valence-corrected chi connectivity index (χ3v) is 6.54. The monoisotopic (exact) mass is 581 g/mol. The van der Waals surface area contributed by atoms with Crippen LogP contribution >= 0.6 is 0 Å². The van der Waals surface area contributed by atoms with Crippen molar-refractivity contribution in [3.63, 3.8) is 0 Å². The molecule has 0 atom stereocenters. The lowest BCUT2D eigenvalue weighted by atomic mass is 10.1. The largest absolute Gasteiger partial charge is 0.508 e. The van der Waals surface area contributed by atoms with Gasteiger partial charge >= 0.3 is 18.0 Å². The third kappa shape index (κ3) is 6.54. The highest BCUT2D eigenvalue weighted by Gasteiger charge is 2.19. The van der Waals surface area contributed by atoms with Crippen molar-refractivity contribution in [3.05, 3.63) is 110 Å². The number of fused-ring (bicyclic) bond motifs is 1. The van der Waals surface area contributed by atoms with E-state index in [0.29, 0.717) is 29.9 Å². The van der Waals surface area contributed by atoms with Crippen LogP contribution in [0.2, 0.25) is 0 Å². The lowest BCUT2D eigenvalue weighted by Gasteiger charge is -2.28. The molecule has 0 aliphatic carbocycles. The van der Waals surface area contributed by atoms with Gasteiger partial charge in [-0.1, -0.05) is 24.3 Å². The van der Waals surface area contributed by atoms with Gasteiger partial charge < -0.3 is 25.8 Å². The number of hydrogen-bond donors (Lipinski definition) is 3. The zero-order chi connectivity index (χ0) is 29.8. The smallest absolute Gasteiger partial charge is 0.387 e. The van der Waals surface area contributed by atoms with E-state index in [1.165, 1.54) is 59.2 Å². The minimum absolute atomic E-state index is 0.0150. The molecule has 3 aromatic carbocycles. The van der Waals surface area contributed by atoms with Crippen LogP contribution in [0.5, 0.6) is 11.5 Å². The summed E-state index contributed by atoms with van der Waals surface area (Å²) < 4.78 is 45.0. The van der Waals surface area contributed by atoms with Gasteiger partial charge in [-0.3, -0.25) is 4.57 Å². The number of alkyl halides is 2. The normalized spacial score (nSPS) is 12.7. The van der Waals surface area contributed by atoms with Gasteiger partial charge in [-0.2, -0.15) is 13.8 Å². The van der Waals surface area contributed by atoms with Crippen molar-refractivity contribution in [1.82, 2.24) is 19.0 Å². The van der Waals surface area contributed by atoms with Crippen LogP contribution in [-0.2, 0) is 19.6 Å². The number of nitrogens with zero attached hydrogens (tertiary/aromatic N) is 5. The average Bonchev–Trinajstić information content (AvgIpc) is 2.95. The van der Waals surface area contributed by atoms with Gasteiger partial charge in [0.05, 0.1) is 18.8 Å². The minimum Gasteiger partial charge on any atom is -0.508 e. The number of phenolic OH excluding ortho intramolecular Hbond substituents is 1.